The molecule has 1 aliphatic rings. The number of ether oxygens (including phenoxy) is 1. The van der Waals surface area contributed by atoms with Crippen LogP contribution in [-0.2, 0) is 10.3 Å². The summed E-state index contributed by atoms with van der Waals surface area (Å²) in [5.41, 5.74) is -0.362. The molecule has 0 saturated carbocycles. The Morgan fingerprint density at radius 3 is 2.92 bits per heavy atom. The minimum atomic E-state index is -0.362. The molecule has 2 heterocycles. The van der Waals surface area contributed by atoms with Crippen molar-refractivity contribution in [1.82, 2.24) is 10.1 Å². The summed E-state index contributed by atoms with van der Waals surface area (Å²) >= 11 is 3.13. The molecule has 0 radical (unpaired) electrons. The van der Waals surface area contributed by atoms with Gasteiger partial charge in [-0.1, -0.05) is 0 Å². The molecule has 1 aromatic rings. The Bertz CT molecular complexity index is 281. The van der Waals surface area contributed by atoms with E-state index < -0.39 is 0 Å². The number of halogens is 1. The zero-order valence-corrected chi connectivity index (χ0v) is 8.30. The van der Waals surface area contributed by atoms with Crippen molar-refractivity contribution in [3.8, 4) is 0 Å². The number of hydrogen-bond acceptors (Lipinski definition) is 4. The van der Waals surface area contributed by atoms with Gasteiger partial charge in [-0.25, -0.2) is 0 Å². The van der Waals surface area contributed by atoms with Gasteiger partial charge in [0.15, 0.2) is 0 Å². The van der Waals surface area contributed by atoms with Crippen LogP contribution < -0.4 is 0 Å². The molecule has 12 heavy (non-hydrogen) atoms. The van der Waals surface area contributed by atoms with E-state index in [1.54, 1.807) is 0 Å². The number of rotatable bonds is 1. The summed E-state index contributed by atoms with van der Waals surface area (Å²) in [6.07, 6.45) is 2.00. The van der Waals surface area contributed by atoms with Gasteiger partial charge in [-0.3, -0.25) is 0 Å². The van der Waals surface area contributed by atoms with Crippen LogP contribution in [0.1, 0.15) is 25.7 Å². The summed E-state index contributed by atoms with van der Waals surface area (Å²) in [4.78, 5) is 4.08. The molecular weight excluding hydrogens is 224 g/mol. The summed E-state index contributed by atoms with van der Waals surface area (Å²) < 4.78 is 11.0. The van der Waals surface area contributed by atoms with Gasteiger partial charge in [0.25, 0.3) is 5.89 Å². The fourth-order valence-corrected chi connectivity index (χ4v) is 1.60. The lowest BCUT2D eigenvalue weighted by atomic mass is 10.0. The van der Waals surface area contributed by atoms with Crippen LogP contribution in [-0.4, -0.2) is 16.7 Å². The van der Waals surface area contributed by atoms with E-state index in [9.17, 15) is 0 Å². The molecule has 1 fully saturated rings. The first-order valence-corrected chi connectivity index (χ1v) is 4.64. The maximum Gasteiger partial charge on any atom is 0.259 e. The predicted octanol–water partition coefficient (Wildman–Crippen LogP) is 1.86. The SMILES string of the molecule is CC1(c2nc(Br)no2)CCCO1. The summed E-state index contributed by atoms with van der Waals surface area (Å²) in [6, 6.07) is 0. The van der Waals surface area contributed by atoms with Crippen LogP contribution in [0.4, 0.5) is 0 Å². The summed E-state index contributed by atoms with van der Waals surface area (Å²) in [5.74, 6) is 0.562. The minimum absolute atomic E-state index is 0.362. The maximum absolute atomic E-state index is 5.52. The quantitative estimate of drug-likeness (QED) is 0.742. The molecule has 2 rings (SSSR count). The third-order valence-corrected chi connectivity index (χ3v) is 2.39. The van der Waals surface area contributed by atoms with Crippen LogP contribution in [0.25, 0.3) is 0 Å². The van der Waals surface area contributed by atoms with Crippen LogP contribution in [0.15, 0.2) is 9.26 Å². The zero-order chi connectivity index (χ0) is 8.60. The van der Waals surface area contributed by atoms with Crippen LogP contribution in [0.5, 0.6) is 0 Å². The third-order valence-electron chi connectivity index (χ3n) is 2.07. The van der Waals surface area contributed by atoms with E-state index in [0.29, 0.717) is 10.6 Å². The lowest BCUT2D eigenvalue weighted by molar-refractivity contribution is -0.00937. The first-order valence-electron chi connectivity index (χ1n) is 3.84. The lowest BCUT2D eigenvalue weighted by Gasteiger charge is -2.16. The van der Waals surface area contributed by atoms with E-state index in [1.165, 1.54) is 0 Å². The molecule has 4 nitrogen and oxygen atoms in total. The van der Waals surface area contributed by atoms with Gasteiger partial charge in [0, 0.05) is 6.61 Å². The molecular formula is C7H9BrN2O2. The molecule has 1 saturated heterocycles. The molecule has 1 unspecified atom stereocenters. The fraction of sp³-hybridized carbons (Fsp3) is 0.714. The predicted molar refractivity (Wildman–Crippen MR) is 44.5 cm³/mol. The molecule has 0 N–H and O–H groups in total. The first kappa shape index (κ1) is 8.19. The molecule has 0 aliphatic carbocycles. The van der Waals surface area contributed by atoms with Crippen LogP contribution >= 0.6 is 15.9 Å². The Kier molecular flexibility index (Phi) is 1.92. The fourth-order valence-electron chi connectivity index (χ4n) is 1.37. The average Bonchev–Trinajstić information content (AvgIpc) is 2.59. The van der Waals surface area contributed by atoms with Crippen molar-refractivity contribution in [3.05, 3.63) is 10.6 Å². The van der Waals surface area contributed by atoms with Gasteiger partial charge in [0.2, 0.25) is 4.73 Å². The summed E-state index contributed by atoms with van der Waals surface area (Å²) in [7, 11) is 0. The van der Waals surface area contributed by atoms with E-state index in [0.717, 1.165) is 19.4 Å². The van der Waals surface area contributed by atoms with Gasteiger partial charge < -0.3 is 9.26 Å². The van der Waals surface area contributed by atoms with Crippen molar-refractivity contribution in [2.75, 3.05) is 6.61 Å². The topological polar surface area (TPSA) is 48.2 Å². The minimum Gasteiger partial charge on any atom is -0.365 e. The summed E-state index contributed by atoms with van der Waals surface area (Å²) in [6.45, 7) is 2.75. The molecule has 0 aromatic carbocycles. The van der Waals surface area contributed by atoms with Gasteiger partial charge in [0.05, 0.1) is 0 Å². The first-order chi connectivity index (χ1) is 5.71. The van der Waals surface area contributed by atoms with Gasteiger partial charge in [-0.05, 0) is 40.9 Å². The highest BCUT2D eigenvalue weighted by Crippen LogP contribution is 2.34. The smallest absolute Gasteiger partial charge is 0.259 e. The summed E-state index contributed by atoms with van der Waals surface area (Å²) in [5, 5.41) is 3.66. The number of aromatic nitrogens is 2. The standard InChI is InChI=1S/C7H9BrN2O2/c1-7(3-2-4-11-7)5-9-6(8)10-12-5/h2-4H2,1H3. The highest BCUT2D eigenvalue weighted by molar-refractivity contribution is 9.10. The van der Waals surface area contributed by atoms with E-state index in [1.807, 2.05) is 6.92 Å². The van der Waals surface area contributed by atoms with Crippen LogP contribution in [0.2, 0.25) is 0 Å². The second kappa shape index (κ2) is 2.81. The maximum atomic E-state index is 5.52. The van der Waals surface area contributed by atoms with Crippen molar-refractivity contribution in [2.45, 2.75) is 25.4 Å². The molecule has 0 bridgehead atoms. The highest BCUT2D eigenvalue weighted by Gasteiger charge is 2.37. The van der Waals surface area contributed by atoms with Crippen LogP contribution in [0.3, 0.4) is 0 Å². The molecule has 5 heteroatoms. The molecule has 1 aliphatic heterocycles. The van der Waals surface area contributed by atoms with Crippen molar-refractivity contribution >= 4 is 15.9 Å². The Hall–Kier alpha value is -0.420. The molecule has 0 spiro atoms. The molecule has 0 amide bonds. The van der Waals surface area contributed by atoms with Crippen molar-refractivity contribution in [2.24, 2.45) is 0 Å². The van der Waals surface area contributed by atoms with Gasteiger partial charge in [-0.15, -0.1) is 0 Å². The second-order valence-electron chi connectivity index (χ2n) is 3.05. The monoisotopic (exact) mass is 232 g/mol. The van der Waals surface area contributed by atoms with E-state index in [2.05, 4.69) is 26.1 Å². The Labute approximate surface area is 78.4 Å². The van der Waals surface area contributed by atoms with Gasteiger partial charge in [0.1, 0.15) is 5.60 Å². The Morgan fingerprint density at radius 1 is 1.58 bits per heavy atom. The van der Waals surface area contributed by atoms with Crippen molar-refractivity contribution in [1.29, 1.82) is 0 Å². The number of hydrogen-bond donors (Lipinski definition) is 0. The second-order valence-corrected chi connectivity index (χ2v) is 3.76. The van der Waals surface area contributed by atoms with E-state index >= 15 is 0 Å². The van der Waals surface area contributed by atoms with E-state index in [4.69, 9.17) is 9.26 Å². The van der Waals surface area contributed by atoms with Crippen molar-refractivity contribution < 1.29 is 9.26 Å². The molecule has 1 atom stereocenters. The third kappa shape index (κ3) is 1.27. The highest BCUT2D eigenvalue weighted by atomic mass is 79.9. The average molecular weight is 233 g/mol. The van der Waals surface area contributed by atoms with Gasteiger partial charge in [-0.2, -0.15) is 4.98 Å². The largest absolute Gasteiger partial charge is 0.365 e. The zero-order valence-electron chi connectivity index (χ0n) is 6.71. The van der Waals surface area contributed by atoms with Crippen molar-refractivity contribution in [3.63, 3.8) is 0 Å². The Morgan fingerprint density at radius 2 is 2.42 bits per heavy atom. The number of nitrogens with zero attached hydrogens (tertiary/aromatic N) is 2. The molecule has 1 aromatic heterocycles. The lowest BCUT2D eigenvalue weighted by Crippen LogP contribution is -2.20. The Balaban J connectivity index is 2.28. The van der Waals surface area contributed by atoms with Crippen LogP contribution in [0, 0.1) is 0 Å². The molecule has 66 valence electrons. The van der Waals surface area contributed by atoms with E-state index in [-0.39, 0.29) is 5.60 Å². The van der Waals surface area contributed by atoms with Gasteiger partial charge >= 0.3 is 0 Å². The normalized spacial score (nSPS) is 29.5.